The number of phenols is 2. The van der Waals surface area contributed by atoms with Crippen molar-refractivity contribution >= 4 is 16.8 Å². The van der Waals surface area contributed by atoms with Gasteiger partial charge in [0.15, 0.2) is 17.0 Å². The van der Waals surface area contributed by atoms with Crippen molar-refractivity contribution in [1.29, 1.82) is 0 Å². The van der Waals surface area contributed by atoms with Crippen LogP contribution < -0.4 is 5.43 Å². The van der Waals surface area contributed by atoms with Gasteiger partial charge in [0.05, 0.1) is 25.2 Å². The lowest BCUT2D eigenvalue weighted by atomic mass is 9.45. The molecule has 240 valence electrons. The summed E-state index contributed by atoms with van der Waals surface area (Å²) in [4.78, 5) is 27.8. The molecule has 7 rings (SSSR count). The van der Waals surface area contributed by atoms with Crippen LogP contribution in [0.3, 0.4) is 0 Å². The Labute approximate surface area is 261 Å². The molecule has 9 unspecified atom stereocenters. The number of hydrogen-bond donors (Lipinski definition) is 4. The van der Waals surface area contributed by atoms with Gasteiger partial charge in [-0.2, -0.15) is 0 Å². The van der Waals surface area contributed by atoms with Crippen LogP contribution in [0.25, 0.3) is 11.0 Å². The van der Waals surface area contributed by atoms with E-state index in [0.29, 0.717) is 12.0 Å². The van der Waals surface area contributed by atoms with E-state index in [1.54, 1.807) is 0 Å². The average Bonchev–Trinajstić information content (AvgIpc) is 3.27. The molecule has 1 saturated heterocycles. The highest BCUT2D eigenvalue weighted by Crippen LogP contribution is 2.68. The van der Waals surface area contributed by atoms with Gasteiger partial charge in [0, 0.05) is 36.1 Å². The fraction of sp³-hybridized carbons (Fsp3) is 0.556. The molecule has 9 heteroatoms. The number of carbonyl (C=O) groups excluding carboxylic acids is 1. The first kappa shape index (κ1) is 30.3. The van der Waals surface area contributed by atoms with Crippen LogP contribution in [0.15, 0.2) is 63.0 Å². The van der Waals surface area contributed by atoms with Crippen molar-refractivity contribution in [1.82, 2.24) is 0 Å². The van der Waals surface area contributed by atoms with Crippen molar-refractivity contribution < 1.29 is 39.1 Å². The monoisotopic (exact) mass is 618 g/mol. The van der Waals surface area contributed by atoms with Gasteiger partial charge >= 0.3 is 0 Å². The minimum atomic E-state index is -2.07. The van der Waals surface area contributed by atoms with Crippen molar-refractivity contribution in [2.75, 3.05) is 7.11 Å². The zero-order valence-corrected chi connectivity index (χ0v) is 26.4. The molecule has 1 aromatic carbocycles. The first-order valence-corrected chi connectivity index (χ1v) is 15.8. The smallest absolute Gasteiger partial charge is 0.230 e. The minimum Gasteiger partial charge on any atom is -0.508 e. The number of aromatic hydroxyl groups is 2. The molecule has 2 heterocycles. The Hall–Kier alpha value is -3.40. The Morgan fingerprint density at radius 2 is 1.82 bits per heavy atom. The van der Waals surface area contributed by atoms with E-state index in [-0.39, 0.29) is 57.3 Å². The SMILES string of the molecule is C=C1C(O)CC2C(C)(C)CCCC2(C)C1C1OC2(O)C(OC)=CC(=O)C3(c4cc(=O)c5c(O)cc(O)cc5o4)CC=C(C)C1C23. The number of carbonyl (C=O) groups is 1. The number of allylic oxidation sites excluding steroid dienone is 2. The molecule has 4 aliphatic carbocycles. The van der Waals surface area contributed by atoms with Gasteiger partial charge in [-0.1, -0.05) is 45.4 Å². The molecule has 9 atom stereocenters. The minimum absolute atomic E-state index is 0.00761. The average molecular weight is 619 g/mol. The molecule has 2 saturated carbocycles. The normalized spacial score (nSPS) is 40.4. The Kier molecular flexibility index (Phi) is 6.43. The molecule has 3 fully saturated rings. The van der Waals surface area contributed by atoms with Gasteiger partial charge in [0.1, 0.15) is 33.6 Å². The van der Waals surface area contributed by atoms with Crippen LogP contribution in [0, 0.1) is 34.5 Å². The summed E-state index contributed by atoms with van der Waals surface area (Å²) in [5.41, 5.74) is -0.982. The number of ketones is 1. The van der Waals surface area contributed by atoms with Gasteiger partial charge in [-0.15, -0.1) is 0 Å². The number of methoxy groups -OCH3 is 1. The summed E-state index contributed by atoms with van der Waals surface area (Å²) in [6.07, 6.45) is 5.42. The summed E-state index contributed by atoms with van der Waals surface area (Å²) in [6, 6.07) is 3.48. The summed E-state index contributed by atoms with van der Waals surface area (Å²) in [6.45, 7) is 13.2. The van der Waals surface area contributed by atoms with Gasteiger partial charge in [0.25, 0.3) is 0 Å². The Bertz CT molecular complexity index is 1770. The lowest BCUT2D eigenvalue weighted by Gasteiger charge is -2.60. The third-order valence-electron chi connectivity index (χ3n) is 12.4. The molecule has 1 aromatic heterocycles. The van der Waals surface area contributed by atoms with E-state index in [4.69, 9.17) is 13.9 Å². The van der Waals surface area contributed by atoms with Crippen LogP contribution in [0.1, 0.15) is 65.6 Å². The van der Waals surface area contributed by atoms with Crippen molar-refractivity contribution in [2.24, 2.45) is 34.5 Å². The Morgan fingerprint density at radius 1 is 1.09 bits per heavy atom. The third-order valence-corrected chi connectivity index (χ3v) is 12.4. The van der Waals surface area contributed by atoms with Crippen LogP contribution in [0.2, 0.25) is 0 Å². The van der Waals surface area contributed by atoms with Crippen molar-refractivity contribution in [3.05, 3.63) is 69.8 Å². The summed E-state index contributed by atoms with van der Waals surface area (Å²) < 4.78 is 18.7. The summed E-state index contributed by atoms with van der Waals surface area (Å²) in [7, 11) is 1.38. The van der Waals surface area contributed by atoms with E-state index in [1.165, 1.54) is 25.3 Å². The van der Waals surface area contributed by atoms with Crippen LogP contribution >= 0.6 is 0 Å². The lowest BCUT2D eigenvalue weighted by Crippen LogP contribution is -2.59. The second kappa shape index (κ2) is 9.56. The fourth-order valence-electron chi connectivity index (χ4n) is 10.4. The highest BCUT2D eigenvalue weighted by molar-refractivity contribution is 6.01. The van der Waals surface area contributed by atoms with Gasteiger partial charge in [-0.05, 0) is 54.9 Å². The number of ether oxygens (including phenoxy) is 2. The summed E-state index contributed by atoms with van der Waals surface area (Å²) >= 11 is 0. The predicted octanol–water partition coefficient (Wildman–Crippen LogP) is 4.99. The molecule has 0 spiro atoms. The van der Waals surface area contributed by atoms with Gasteiger partial charge in [0.2, 0.25) is 5.79 Å². The number of aliphatic hydroxyl groups excluding tert-OH is 1. The predicted molar refractivity (Wildman–Crippen MR) is 165 cm³/mol. The first-order chi connectivity index (χ1) is 21.1. The van der Waals surface area contributed by atoms with E-state index in [0.717, 1.165) is 30.9 Å². The van der Waals surface area contributed by atoms with Gasteiger partial charge in [-0.3, -0.25) is 9.59 Å². The van der Waals surface area contributed by atoms with Gasteiger partial charge in [-0.25, -0.2) is 0 Å². The maximum absolute atomic E-state index is 14.4. The second-order valence-electron chi connectivity index (χ2n) is 15.0. The van der Waals surface area contributed by atoms with Crippen LogP contribution in [-0.2, 0) is 19.7 Å². The standard InChI is InChI=1S/C36H42O9/c1-17-8-11-35(26-15-22(40)29-21(39)12-19(37)13-23(29)44-26)25(41)16-27(43-6)36(42)32(35)28(17)31(45-36)30-18(2)20(38)14-24-33(3,4)9-7-10-34(24,30)5/h8,12-13,15-16,20,24,28,30-32,37-39,42H,2,7,9-11,14H2,1,3-6H3. The number of fused-ring (bicyclic) bond motifs is 2. The largest absolute Gasteiger partial charge is 0.508 e. The highest BCUT2D eigenvalue weighted by Gasteiger charge is 2.74. The van der Waals surface area contributed by atoms with E-state index >= 15 is 0 Å². The number of rotatable bonds is 3. The molecule has 9 nitrogen and oxygen atoms in total. The van der Waals surface area contributed by atoms with Crippen LogP contribution in [-0.4, -0.2) is 51.3 Å². The zero-order valence-electron chi connectivity index (χ0n) is 26.4. The number of aliphatic hydroxyl groups is 2. The quantitative estimate of drug-likeness (QED) is 0.349. The maximum atomic E-state index is 14.4. The number of phenolic OH excluding ortho intramolecular Hbond substituents is 2. The van der Waals surface area contributed by atoms with Gasteiger partial charge < -0.3 is 34.3 Å². The molecular formula is C36H42O9. The van der Waals surface area contributed by atoms with E-state index in [2.05, 4.69) is 27.4 Å². The van der Waals surface area contributed by atoms with Crippen molar-refractivity contribution in [3.8, 4) is 11.5 Å². The Morgan fingerprint density at radius 3 is 2.53 bits per heavy atom. The van der Waals surface area contributed by atoms with Crippen molar-refractivity contribution in [3.63, 3.8) is 0 Å². The molecule has 4 N–H and O–H groups in total. The molecule has 2 aromatic rings. The van der Waals surface area contributed by atoms with Crippen LogP contribution in [0.4, 0.5) is 0 Å². The van der Waals surface area contributed by atoms with E-state index in [1.807, 2.05) is 13.0 Å². The lowest BCUT2D eigenvalue weighted by molar-refractivity contribution is -0.235. The molecule has 45 heavy (non-hydrogen) atoms. The van der Waals surface area contributed by atoms with Crippen LogP contribution in [0.5, 0.6) is 11.5 Å². The number of benzene rings is 1. The highest BCUT2D eigenvalue weighted by atomic mass is 16.7. The summed E-state index contributed by atoms with van der Waals surface area (Å²) in [5, 5.41) is 44.6. The fourth-order valence-corrected chi connectivity index (χ4v) is 10.4. The number of hydrogen-bond acceptors (Lipinski definition) is 9. The molecule has 0 amide bonds. The third kappa shape index (κ3) is 3.83. The maximum Gasteiger partial charge on any atom is 0.230 e. The zero-order chi connectivity index (χ0) is 32.4. The molecule has 0 radical (unpaired) electrons. The van der Waals surface area contributed by atoms with Crippen molar-refractivity contribution in [2.45, 2.75) is 83.2 Å². The first-order valence-electron chi connectivity index (χ1n) is 15.8. The summed E-state index contributed by atoms with van der Waals surface area (Å²) in [5.74, 6) is -4.91. The Balaban J connectivity index is 1.46. The second-order valence-corrected chi connectivity index (χ2v) is 15.0. The molecule has 5 aliphatic rings. The van der Waals surface area contributed by atoms with E-state index in [9.17, 15) is 30.0 Å². The van der Waals surface area contributed by atoms with E-state index < -0.39 is 52.2 Å². The molecule has 1 aliphatic heterocycles. The topological polar surface area (TPSA) is 147 Å². The molecular weight excluding hydrogens is 576 g/mol. The molecule has 0 bridgehead atoms.